The molecule has 12 heteroatoms. The van der Waals surface area contributed by atoms with Gasteiger partial charge in [-0.2, -0.15) is 5.10 Å². The maximum Gasteiger partial charge on any atom is 0.272 e. The lowest BCUT2D eigenvalue weighted by molar-refractivity contribution is -0.125. The van der Waals surface area contributed by atoms with E-state index in [9.17, 15) is 13.2 Å². The Bertz CT molecular complexity index is 1580. The number of methoxy groups -OCH3 is 1. The van der Waals surface area contributed by atoms with Gasteiger partial charge in [0.2, 0.25) is 5.91 Å². The summed E-state index contributed by atoms with van der Waals surface area (Å²) >= 11 is 6.93. The molecule has 3 heterocycles. The van der Waals surface area contributed by atoms with E-state index in [1.807, 2.05) is 43.4 Å². The van der Waals surface area contributed by atoms with Crippen molar-refractivity contribution in [3.8, 4) is 5.75 Å². The number of likely N-dealkylation sites (N-methyl/N-ethyl adjacent to an activating group) is 1. The van der Waals surface area contributed by atoms with Gasteiger partial charge in [-0.1, -0.05) is 41.9 Å². The zero-order chi connectivity index (χ0) is 26.9. The fourth-order valence-corrected chi connectivity index (χ4v) is 7.23. The summed E-state index contributed by atoms with van der Waals surface area (Å²) in [4.78, 5) is 14.7. The SMILES string of the molecule is COc1cccc2c1c(NS(=O)(=O)c1ccc(Cl)s1)nn2Cc1cccc(CNC(=O)[C@@H]2CCCN2C)c1. The Morgan fingerprint density at radius 2 is 1.97 bits per heavy atom. The number of aromatic nitrogens is 2. The van der Waals surface area contributed by atoms with Crippen LogP contribution in [0.4, 0.5) is 5.82 Å². The number of thiophene rings is 1. The van der Waals surface area contributed by atoms with E-state index in [0.717, 1.165) is 41.9 Å². The van der Waals surface area contributed by atoms with E-state index in [1.54, 1.807) is 16.8 Å². The van der Waals surface area contributed by atoms with Gasteiger partial charge in [-0.3, -0.25) is 19.1 Å². The third-order valence-corrected chi connectivity index (χ3v) is 9.68. The molecule has 9 nitrogen and oxygen atoms in total. The smallest absolute Gasteiger partial charge is 0.272 e. The monoisotopic (exact) mass is 573 g/mol. The number of anilines is 1. The van der Waals surface area contributed by atoms with Crippen molar-refractivity contribution >= 4 is 55.6 Å². The molecular weight excluding hydrogens is 546 g/mol. The molecular formula is C26H28ClN5O4S2. The fourth-order valence-electron chi connectivity index (χ4n) is 4.74. The summed E-state index contributed by atoms with van der Waals surface area (Å²) in [6, 6.07) is 16.3. The quantitative estimate of drug-likeness (QED) is 0.309. The number of amides is 1. The first-order valence-corrected chi connectivity index (χ1v) is 14.8. The van der Waals surface area contributed by atoms with Gasteiger partial charge in [0.15, 0.2) is 5.82 Å². The molecule has 200 valence electrons. The Kier molecular flexibility index (Phi) is 7.62. The van der Waals surface area contributed by atoms with Crippen LogP contribution in [0.2, 0.25) is 4.34 Å². The van der Waals surface area contributed by atoms with Crippen LogP contribution in [0.3, 0.4) is 0 Å². The molecule has 5 rings (SSSR count). The van der Waals surface area contributed by atoms with Crippen molar-refractivity contribution in [3.63, 3.8) is 0 Å². The van der Waals surface area contributed by atoms with E-state index in [2.05, 4.69) is 20.0 Å². The number of hydrogen-bond donors (Lipinski definition) is 2. The summed E-state index contributed by atoms with van der Waals surface area (Å²) in [6.45, 7) is 1.76. The number of nitrogens with one attached hydrogen (secondary N) is 2. The second kappa shape index (κ2) is 10.9. The highest BCUT2D eigenvalue weighted by molar-refractivity contribution is 7.94. The van der Waals surface area contributed by atoms with Gasteiger partial charge in [0, 0.05) is 6.54 Å². The topological polar surface area (TPSA) is 106 Å². The molecule has 4 aromatic rings. The van der Waals surface area contributed by atoms with E-state index in [1.165, 1.54) is 13.2 Å². The molecule has 2 aromatic heterocycles. The Morgan fingerprint density at radius 1 is 1.18 bits per heavy atom. The van der Waals surface area contributed by atoms with Crippen molar-refractivity contribution in [2.75, 3.05) is 25.4 Å². The van der Waals surface area contributed by atoms with Crippen LogP contribution >= 0.6 is 22.9 Å². The van der Waals surface area contributed by atoms with Crippen LogP contribution in [0.1, 0.15) is 24.0 Å². The second-order valence-corrected chi connectivity index (χ2v) is 12.8. The predicted octanol–water partition coefficient (Wildman–Crippen LogP) is 4.32. The van der Waals surface area contributed by atoms with Gasteiger partial charge in [-0.25, -0.2) is 8.42 Å². The molecule has 1 fully saturated rings. The van der Waals surface area contributed by atoms with E-state index in [0.29, 0.717) is 34.1 Å². The van der Waals surface area contributed by atoms with E-state index < -0.39 is 10.0 Å². The number of halogens is 1. The molecule has 2 N–H and O–H groups in total. The molecule has 0 unspecified atom stereocenters. The Labute approximate surface area is 230 Å². The first kappa shape index (κ1) is 26.5. The normalized spacial score (nSPS) is 16.1. The first-order chi connectivity index (χ1) is 18.2. The number of benzene rings is 2. The molecule has 1 amide bonds. The van der Waals surface area contributed by atoms with Crippen LogP contribution in [0.5, 0.6) is 5.75 Å². The van der Waals surface area contributed by atoms with E-state index in [-0.39, 0.29) is 22.0 Å². The van der Waals surface area contributed by atoms with Crippen molar-refractivity contribution < 1.29 is 17.9 Å². The highest BCUT2D eigenvalue weighted by atomic mass is 35.5. The number of fused-ring (bicyclic) bond motifs is 1. The van der Waals surface area contributed by atoms with Crippen LogP contribution in [0.25, 0.3) is 10.9 Å². The molecule has 1 aliphatic rings. The minimum Gasteiger partial charge on any atom is -0.496 e. The van der Waals surface area contributed by atoms with Gasteiger partial charge in [0.25, 0.3) is 10.0 Å². The number of carbonyl (C=O) groups is 1. The molecule has 1 atom stereocenters. The minimum absolute atomic E-state index is 0.0459. The molecule has 0 radical (unpaired) electrons. The average Bonchev–Trinajstić information content (AvgIpc) is 3.62. The Hall–Kier alpha value is -3.12. The van der Waals surface area contributed by atoms with E-state index in [4.69, 9.17) is 16.3 Å². The third-order valence-electron chi connectivity index (χ3n) is 6.62. The maximum atomic E-state index is 13.0. The molecule has 1 saturated heterocycles. The van der Waals surface area contributed by atoms with Gasteiger partial charge in [0.1, 0.15) is 9.96 Å². The largest absolute Gasteiger partial charge is 0.496 e. The third kappa shape index (κ3) is 5.51. The highest BCUT2D eigenvalue weighted by Crippen LogP contribution is 2.35. The van der Waals surface area contributed by atoms with Crippen molar-refractivity contribution in [1.82, 2.24) is 20.0 Å². The molecule has 0 spiro atoms. The lowest BCUT2D eigenvalue weighted by Gasteiger charge is -2.18. The summed E-state index contributed by atoms with van der Waals surface area (Å²) < 4.78 is 36.4. The van der Waals surface area contributed by atoms with Crippen LogP contribution in [-0.2, 0) is 27.9 Å². The summed E-state index contributed by atoms with van der Waals surface area (Å²) in [7, 11) is -0.383. The summed E-state index contributed by atoms with van der Waals surface area (Å²) in [5.41, 5.74) is 2.65. The molecule has 0 aliphatic carbocycles. The lowest BCUT2D eigenvalue weighted by Crippen LogP contribution is -2.41. The predicted molar refractivity (Wildman–Crippen MR) is 149 cm³/mol. The fraction of sp³-hybridized carbons (Fsp3) is 0.308. The number of hydrogen-bond acceptors (Lipinski definition) is 7. The summed E-state index contributed by atoms with van der Waals surface area (Å²) in [5, 5.41) is 8.23. The number of rotatable bonds is 9. The number of sulfonamides is 1. The van der Waals surface area contributed by atoms with Crippen LogP contribution < -0.4 is 14.8 Å². The first-order valence-electron chi connectivity index (χ1n) is 12.1. The van der Waals surface area contributed by atoms with Crippen molar-refractivity contribution in [1.29, 1.82) is 0 Å². The van der Waals surface area contributed by atoms with Gasteiger partial charge >= 0.3 is 0 Å². The Morgan fingerprint density at radius 3 is 2.68 bits per heavy atom. The molecule has 38 heavy (non-hydrogen) atoms. The van der Waals surface area contributed by atoms with Gasteiger partial charge < -0.3 is 10.1 Å². The highest BCUT2D eigenvalue weighted by Gasteiger charge is 2.27. The average molecular weight is 574 g/mol. The van der Waals surface area contributed by atoms with Gasteiger partial charge in [-0.05, 0) is 61.8 Å². The van der Waals surface area contributed by atoms with Crippen LogP contribution in [0, 0.1) is 0 Å². The maximum absolute atomic E-state index is 13.0. The van der Waals surface area contributed by atoms with Crippen molar-refractivity contribution in [2.45, 2.75) is 36.2 Å². The van der Waals surface area contributed by atoms with Crippen LogP contribution in [0.15, 0.2) is 58.8 Å². The van der Waals surface area contributed by atoms with Crippen molar-refractivity contribution in [3.05, 3.63) is 70.1 Å². The Balaban J connectivity index is 1.40. The molecule has 0 saturated carbocycles. The standard InChI is InChI=1S/C26H28ClN5O4S2/c1-31-13-5-9-20(31)26(33)28-15-17-6-3-7-18(14-17)16-32-19-8-4-10-21(36-2)24(19)25(29-32)30-38(34,35)23-12-11-22(27)37-23/h3-4,6-8,10-12,14,20H,5,9,13,15-16H2,1-2H3,(H,28,33)(H,29,30)/t20-/m0/s1. The van der Waals surface area contributed by atoms with Gasteiger partial charge in [-0.15, -0.1) is 11.3 Å². The summed E-state index contributed by atoms with van der Waals surface area (Å²) in [5.74, 6) is 0.722. The number of nitrogens with zero attached hydrogens (tertiary/aromatic N) is 3. The number of carbonyl (C=O) groups excluding carboxylic acids is 1. The molecule has 1 aliphatic heterocycles. The summed E-state index contributed by atoms with van der Waals surface area (Å²) in [6.07, 6.45) is 1.91. The lowest BCUT2D eigenvalue weighted by atomic mass is 10.1. The van der Waals surface area contributed by atoms with E-state index >= 15 is 0 Å². The van der Waals surface area contributed by atoms with Crippen LogP contribution in [-0.4, -0.2) is 55.7 Å². The number of ether oxygens (including phenoxy) is 1. The zero-order valence-electron chi connectivity index (χ0n) is 21.0. The second-order valence-electron chi connectivity index (χ2n) is 9.20. The molecule has 0 bridgehead atoms. The number of likely N-dealkylation sites (tertiary alicyclic amines) is 1. The minimum atomic E-state index is -3.89. The zero-order valence-corrected chi connectivity index (χ0v) is 23.4. The van der Waals surface area contributed by atoms with Gasteiger partial charge in [0.05, 0.1) is 34.9 Å². The molecule has 2 aromatic carbocycles. The van der Waals surface area contributed by atoms with Crippen molar-refractivity contribution in [2.24, 2.45) is 0 Å².